The quantitative estimate of drug-likeness (QED) is 0.749. The van der Waals surface area contributed by atoms with Crippen LogP contribution in [0.3, 0.4) is 0 Å². The Morgan fingerprint density at radius 3 is 2.47 bits per heavy atom. The zero-order valence-corrected chi connectivity index (χ0v) is 8.94. The zero-order valence-electron chi connectivity index (χ0n) is 8.18. The molecular formula is C10H9ClF2O2. The van der Waals surface area contributed by atoms with Crippen molar-refractivity contribution < 1.29 is 18.3 Å². The SMILES string of the molecule is COc1c(Cl)ccc(C(F)F)c1C(C)=O. The first kappa shape index (κ1) is 11.9. The van der Waals surface area contributed by atoms with Crippen LogP contribution in [0, 0.1) is 0 Å². The first-order valence-corrected chi connectivity index (χ1v) is 4.52. The molecule has 0 aliphatic carbocycles. The summed E-state index contributed by atoms with van der Waals surface area (Å²) in [6.07, 6.45) is -2.73. The molecule has 0 atom stereocenters. The summed E-state index contributed by atoms with van der Waals surface area (Å²) in [5.41, 5.74) is -0.510. The van der Waals surface area contributed by atoms with Gasteiger partial charge in [0.25, 0.3) is 6.43 Å². The molecule has 0 unspecified atom stereocenters. The second-order valence-electron chi connectivity index (χ2n) is 2.90. The Balaban J connectivity index is 3.49. The number of carbonyl (C=O) groups excluding carboxylic acids is 1. The molecule has 1 rings (SSSR count). The number of alkyl halides is 2. The van der Waals surface area contributed by atoms with Gasteiger partial charge in [-0.25, -0.2) is 8.78 Å². The van der Waals surface area contributed by atoms with Gasteiger partial charge in [-0.1, -0.05) is 17.7 Å². The summed E-state index contributed by atoms with van der Waals surface area (Å²) < 4.78 is 30.0. The molecule has 0 spiro atoms. The highest BCUT2D eigenvalue weighted by Gasteiger charge is 2.22. The van der Waals surface area contributed by atoms with Crippen molar-refractivity contribution in [2.75, 3.05) is 7.11 Å². The van der Waals surface area contributed by atoms with Crippen LogP contribution in [-0.4, -0.2) is 12.9 Å². The molecule has 0 amide bonds. The molecule has 0 bridgehead atoms. The normalized spacial score (nSPS) is 10.5. The number of halogens is 3. The molecule has 1 aromatic carbocycles. The molecule has 15 heavy (non-hydrogen) atoms. The Labute approximate surface area is 90.8 Å². The van der Waals surface area contributed by atoms with E-state index in [-0.39, 0.29) is 21.9 Å². The summed E-state index contributed by atoms with van der Waals surface area (Å²) in [5.74, 6) is -0.494. The number of benzene rings is 1. The third-order valence-corrected chi connectivity index (χ3v) is 2.23. The molecule has 0 N–H and O–H groups in total. The largest absolute Gasteiger partial charge is 0.494 e. The highest BCUT2D eigenvalue weighted by molar-refractivity contribution is 6.32. The molecule has 0 saturated carbocycles. The van der Waals surface area contributed by atoms with Gasteiger partial charge in [-0.3, -0.25) is 4.79 Å². The van der Waals surface area contributed by atoms with Gasteiger partial charge in [0, 0.05) is 5.56 Å². The lowest BCUT2D eigenvalue weighted by Gasteiger charge is -2.12. The number of hydrogen-bond acceptors (Lipinski definition) is 2. The fourth-order valence-corrected chi connectivity index (χ4v) is 1.55. The molecule has 5 heteroatoms. The standard InChI is InChI=1S/C10H9ClF2O2/c1-5(14)8-6(10(12)13)3-4-7(11)9(8)15-2/h3-4,10H,1-2H3. The van der Waals surface area contributed by atoms with Crippen LogP contribution in [0.2, 0.25) is 5.02 Å². The smallest absolute Gasteiger partial charge is 0.264 e. The van der Waals surface area contributed by atoms with Gasteiger partial charge in [0.15, 0.2) is 5.78 Å². The third kappa shape index (κ3) is 2.26. The minimum Gasteiger partial charge on any atom is -0.494 e. The average Bonchev–Trinajstić information content (AvgIpc) is 2.16. The van der Waals surface area contributed by atoms with Gasteiger partial charge in [0.2, 0.25) is 0 Å². The number of ketones is 1. The van der Waals surface area contributed by atoms with E-state index in [0.717, 1.165) is 6.07 Å². The second-order valence-corrected chi connectivity index (χ2v) is 3.31. The van der Waals surface area contributed by atoms with Crippen molar-refractivity contribution in [2.45, 2.75) is 13.3 Å². The summed E-state index contributed by atoms with van der Waals surface area (Å²) in [6.45, 7) is 1.19. The predicted octanol–water partition coefficient (Wildman–Crippen LogP) is 3.49. The average molecular weight is 235 g/mol. The molecule has 0 saturated heterocycles. The zero-order chi connectivity index (χ0) is 11.6. The van der Waals surface area contributed by atoms with E-state index in [0.29, 0.717) is 0 Å². The van der Waals surface area contributed by atoms with E-state index in [1.165, 1.54) is 20.1 Å². The fourth-order valence-electron chi connectivity index (χ4n) is 1.32. The maximum Gasteiger partial charge on any atom is 0.264 e. The summed E-state index contributed by atoms with van der Waals surface area (Å²) in [5, 5.41) is 0.145. The van der Waals surface area contributed by atoms with Crippen LogP contribution in [0.1, 0.15) is 29.3 Å². The molecule has 0 aromatic heterocycles. The molecule has 0 heterocycles. The van der Waals surface area contributed by atoms with Gasteiger partial charge in [-0.15, -0.1) is 0 Å². The molecule has 0 aliphatic rings. The Morgan fingerprint density at radius 1 is 1.47 bits per heavy atom. The minimum atomic E-state index is -2.73. The summed E-state index contributed by atoms with van der Waals surface area (Å²) in [7, 11) is 1.28. The van der Waals surface area contributed by atoms with Crippen molar-refractivity contribution >= 4 is 17.4 Å². The Morgan fingerprint density at radius 2 is 2.07 bits per heavy atom. The lowest BCUT2D eigenvalue weighted by Crippen LogP contribution is -2.04. The number of hydrogen-bond donors (Lipinski definition) is 0. The monoisotopic (exact) mass is 234 g/mol. The first-order valence-electron chi connectivity index (χ1n) is 4.14. The van der Waals surface area contributed by atoms with Crippen molar-refractivity contribution in [3.8, 4) is 5.75 Å². The van der Waals surface area contributed by atoms with Crippen LogP contribution in [-0.2, 0) is 0 Å². The second kappa shape index (κ2) is 4.57. The maximum atomic E-state index is 12.6. The van der Waals surface area contributed by atoms with Crippen LogP contribution < -0.4 is 4.74 Å². The topological polar surface area (TPSA) is 26.3 Å². The predicted molar refractivity (Wildman–Crippen MR) is 53.0 cm³/mol. The number of carbonyl (C=O) groups is 1. The van der Waals surface area contributed by atoms with Crippen LogP contribution in [0.15, 0.2) is 12.1 Å². The van der Waals surface area contributed by atoms with Crippen LogP contribution in [0.4, 0.5) is 8.78 Å². The van der Waals surface area contributed by atoms with Crippen LogP contribution in [0.5, 0.6) is 5.75 Å². The van der Waals surface area contributed by atoms with Gasteiger partial charge in [0.05, 0.1) is 17.7 Å². The Hall–Kier alpha value is -1.16. The Kier molecular flexibility index (Phi) is 3.63. The first-order chi connectivity index (χ1) is 6.99. The van der Waals surface area contributed by atoms with Gasteiger partial charge in [-0.2, -0.15) is 0 Å². The van der Waals surface area contributed by atoms with Crippen molar-refractivity contribution in [3.63, 3.8) is 0 Å². The van der Waals surface area contributed by atoms with Gasteiger partial charge in [0.1, 0.15) is 5.75 Å². The van der Waals surface area contributed by atoms with E-state index < -0.39 is 12.2 Å². The van der Waals surface area contributed by atoms with Crippen molar-refractivity contribution in [1.29, 1.82) is 0 Å². The summed E-state index contributed by atoms with van der Waals surface area (Å²) in [6, 6.07) is 2.42. The number of rotatable bonds is 3. The number of methoxy groups -OCH3 is 1. The lowest BCUT2D eigenvalue weighted by molar-refractivity contribution is 0.0995. The van der Waals surface area contributed by atoms with E-state index in [9.17, 15) is 13.6 Å². The summed E-state index contributed by atoms with van der Waals surface area (Å²) in [4.78, 5) is 11.2. The molecule has 1 aromatic rings. The number of ether oxygens (including phenoxy) is 1. The van der Waals surface area contributed by atoms with Crippen molar-refractivity contribution in [3.05, 3.63) is 28.3 Å². The van der Waals surface area contributed by atoms with Crippen LogP contribution >= 0.6 is 11.6 Å². The van der Waals surface area contributed by atoms with Crippen molar-refractivity contribution in [1.82, 2.24) is 0 Å². The third-order valence-electron chi connectivity index (χ3n) is 1.93. The summed E-state index contributed by atoms with van der Waals surface area (Å²) >= 11 is 5.73. The van der Waals surface area contributed by atoms with E-state index in [2.05, 4.69) is 0 Å². The van der Waals surface area contributed by atoms with E-state index in [4.69, 9.17) is 16.3 Å². The highest BCUT2D eigenvalue weighted by Crippen LogP contribution is 2.35. The fraction of sp³-hybridized carbons (Fsp3) is 0.300. The lowest BCUT2D eigenvalue weighted by atomic mass is 10.0. The molecule has 82 valence electrons. The molecular weight excluding hydrogens is 226 g/mol. The van der Waals surface area contributed by atoms with E-state index in [1.807, 2.05) is 0 Å². The molecule has 0 radical (unpaired) electrons. The van der Waals surface area contributed by atoms with E-state index in [1.54, 1.807) is 0 Å². The highest BCUT2D eigenvalue weighted by atomic mass is 35.5. The molecule has 0 fully saturated rings. The van der Waals surface area contributed by atoms with Crippen LogP contribution in [0.25, 0.3) is 0 Å². The van der Waals surface area contributed by atoms with E-state index >= 15 is 0 Å². The maximum absolute atomic E-state index is 12.6. The number of Topliss-reactive ketones (excluding diaryl/α,β-unsaturated/α-hetero) is 1. The van der Waals surface area contributed by atoms with Crippen molar-refractivity contribution in [2.24, 2.45) is 0 Å². The Bertz CT molecular complexity index is 391. The molecule has 0 aliphatic heterocycles. The minimum absolute atomic E-state index is 0.00182. The molecule has 2 nitrogen and oxygen atoms in total. The van der Waals surface area contributed by atoms with Gasteiger partial charge < -0.3 is 4.74 Å². The van der Waals surface area contributed by atoms with Gasteiger partial charge in [-0.05, 0) is 13.0 Å². The van der Waals surface area contributed by atoms with Gasteiger partial charge >= 0.3 is 0 Å².